The van der Waals surface area contributed by atoms with Gasteiger partial charge in [0.05, 0.1) is 5.69 Å². The summed E-state index contributed by atoms with van der Waals surface area (Å²) in [4.78, 5) is 25.2. The molecule has 104 valence electrons. The molecular formula is C13H14N4OS2. The van der Waals surface area contributed by atoms with Gasteiger partial charge >= 0.3 is 0 Å². The second kappa shape index (κ2) is 5.57. The number of rotatable bonds is 3. The van der Waals surface area contributed by atoms with Crippen LogP contribution in [0.5, 0.6) is 0 Å². The van der Waals surface area contributed by atoms with Crippen molar-refractivity contribution in [3.8, 4) is 0 Å². The molecule has 0 atom stereocenters. The van der Waals surface area contributed by atoms with Crippen LogP contribution in [0.3, 0.4) is 0 Å². The Kier molecular flexibility index (Phi) is 3.80. The summed E-state index contributed by atoms with van der Waals surface area (Å²) in [5.41, 5.74) is 2.75. The summed E-state index contributed by atoms with van der Waals surface area (Å²) in [5, 5.41) is 1.56. The Hall–Kier alpha value is -1.34. The summed E-state index contributed by atoms with van der Waals surface area (Å²) >= 11 is 3.15. The third-order valence-electron chi connectivity index (χ3n) is 2.88. The normalized spacial score (nSPS) is 13.5. The molecule has 0 bridgehead atoms. The topological polar surface area (TPSA) is 60.7 Å². The lowest BCUT2D eigenvalue weighted by atomic mass is 10.4. The third kappa shape index (κ3) is 2.88. The smallest absolute Gasteiger partial charge is 0.254 e. The highest BCUT2D eigenvalue weighted by Gasteiger charge is 2.15. The Morgan fingerprint density at radius 3 is 2.75 bits per heavy atom. The van der Waals surface area contributed by atoms with Crippen molar-refractivity contribution in [3.63, 3.8) is 0 Å². The molecule has 20 heavy (non-hydrogen) atoms. The van der Waals surface area contributed by atoms with Gasteiger partial charge in [0.25, 0.3) is 5.56 Å². The highest BCUT2D eigenvalue weighted by atomic mass is 32.2. The Labute approximate surface area is 125 Å². The van der Waals surface area contributed by atoms with Crippen LogP contribution in [0.2, 0.25) is 0 Å². The maximum atomic E-state index is 11.9. The number of nitrogens with zero attached hydrogens (tertiary/aromatic N) is 4. The van der Waals surface area contributed by atoms with E-state index in [1.807, 2.05) is 19.9 Å². The van der Waals surface area contributed by atoms with E-state index in [1.54, 1.807) is 22.4 Å². The average molecular weight is 306 g/mol. The van der Waals surface area contributed by atoms with Crippen molar-refractivity contribution in [3.05, 3.63) is 39.6 Å². The van der Waals surface area contributed by atoms with E-state index in [1.165, 1.54) is 11.8 Å². The number of aryl methyl sites for hydroxylation is 2. The summed E-state index contributed by atoms with van der Waals surface area (Å²) in [6.07, 6.45) is 0. The molecule has 0 aromatic carbocycles. The van der Waals surface area contributed by atoms with Crippen LogP contribution in [0.15, 0.2) is 27.2 Å². The SMILES string of the molecule is Cc1cc(C)nc(SCc2cc(=O)n3c(n2)SCC3)n1. The van der Waals surface area contributed by atoms with Crippen LogP contribution in [-0.2, 0) is 12.3 Å². The van der Waals surface area contributed by atoms with Crippen molar-refractivity contribution >= 4 is 23.5 Å². The number of thioether (sulfide) groups is 2. The van der Waals surface area contributed by atoms with E-state index in [0.29, 0.717) is 5.75 Å². The van der Waals surface area contributed by atoms with Gasteiger partial charge in [-0.3, -0.25) is 9.36 Å². The molecule has 3 rings (SSSR count). The lowest BCUT2D eigenvalue weighted by Gasteiger charge is -2.05. The first-order chi connectivity index (χ1) is 9.61. The van der Waals surface area contributed by atoms with Gasteiger partial charge in [-0.1, -0.05) is 23.5 Å². The molecule has 1 aliphatic rings. The maximum absolute atomic E-state index is 11.9. The molecule has 1 aliphatic heterocycles. The van der Waals surface area contributed by atoms with Gasteiger partial charge in [-0.05, 0) is 19.9 Å². The Bertz CT molecular complexity index is 694. The molecule has 0 radical (unpaired) electrons. The quantitative estimate of drug-likeness (QED) is 0.639. The third-order valence-corrected chi connectivity index (χ3v) is 4.72. The van der Waals surface area contributed by atoms with Gasteiger partial charge in [0.15, 0.2) is 10.3 Å². The average Bonchev–Trinajstić information content (AvgIpc) is 2.84. The van der Waals surface area contributed by atoms with Crippen molar-refractivity contribution in [2.75, 3.05) is 5.75 Å². The minimum Gasteiger partial charge on any atom is -0.287 e. The highest BCUT2D eigenvalue weighted by molar-refractivity contribution is 7.99. The lowest BCUT2D eigenvalue weighted by Crippen LogP contribution is -2.20. The first-order valence-corrected chi connectivity index (χ1v) is 8.27. The molecule has 3 heterocycles. The molecule has 5 nitrogen and oxygen atoms in total. The van der Waals surface area contributed by atoms with Gasteiger partial charge in [-0.25, -0.2) is 15.0 Å². The van der Waals surface area contributed by atoms with E-state index in [0.717, 1.165) is 39.7 Å². The number of hydrogen-bond acceptors (Lipinski definition) is 6. The number of fused-ring (bicyclic) bond motifs is 1. The molecule has 2 aromatic rings. The van der Waals surface area contributed by atoms with Crippen molar-refractivity contribution in [1.29, 1.82) is 0 Å². The molecule has 0 spiro atoms. The summed E-state index contributed by atoms with van der Waals surface area (Å²) in [7, 11) is 0. The standard InChI is InChI=1S/C13H14N4OS2/c1-8-5-9(2)15-12(14-8)20-7-10-6-11(18)17-3-4-19-13(17)16-10/h5-6H,3-4,7H2,1-2H3. The molecule has 0 saturated carbocycles. The predicted octanol–water partition coefficient (Wildman–Crippen LogP) is 2.05. The summed E-state index contributed by atoms with van der Waals surface area (Å²) in [6, 6.07) is 3.56. The minimum atomic E-state index is 0.0388. The van der Waals surface area contributed by atoms with E-state index < -0.39 is 0 Å². The van der Waals surface area contributed by atoms with Gasteiger partial charge in [0, 0.05) is 35.5 Å². The van der Waals surface area contributed by atoms with E-state index in [9.17, 15) is 4.79 Å². The van der Waals surface area contributed by atoms with Gasteiger partial charge in [-0.15, -0.1) is 0 Å². The first-order valence-electron chi connectivity index (χ1n) is 6.30. The van der Waals surface area contributed by atoms with Crippen LogP contribution in [0.1, 0.15) is 17.1 Å². The fourth-order valence-electron chi connectivity index (χ4n) is 2.05. The molecule has 7 heteroatoms. The van der Waals surface area contributed by atoms with Crippen LogP contribution in [0.25, 0.3) is 0 Å². The van der Waals surface area contributed by atoms with Gasteiger partial charge < -0.3 is 0 Å². The zero-order chi connectivity index (χ0) is 14.1. The zero-order valence-corrected chi connectivity index (χ0v) is 12.9. The van der Waals surface area contributed by atoms with Crippen molar-refractivity contribution in [2.24, 2.45) is 0 Å². The zero-order valence-electron chi connectivity index (χ0n) is 11.3. The van der Waals surface area contributed by atoms with E-state index in [4.69, 9.17) is 0 Å². The van der Waals surface area contributed by atoms with Crippen LogP contribution >= 0.6 is 23.5 Å². The van der Waals surface area contributed by atoms with Gasteiger partial charge in [0.2, 0.25) is 0 Å². The number of hydrogen-bond donors (Lipinski definition) is 0. The van der Waals surface area contributed by atoms with E-state index >= 15 is 0 Å². The Morgan fingerprint density at radius 2 is 2.00 bits per heavy atom. The number of aromatic nitrogens is 4. The Morgan fingerprint density at radius 1 is 1.25 bits per heavy atom. The van der Waals surface area contributed by atoms with Crippen LogP contribution in [-0.4, -0.2) is 25.3 Å². The van der Waals surface area contributed by atoms with Gasteiger partial charge in [-0.2, -0.15) is 0 Å². The predicted molar refractivity (Wildman–Crippen MR) is 80.3 cm³/mol. The van der Waals surface area contributed by atoms with Gasteiger partial charge in [0.1, 0.15) is 0 Å². The lowest BCUT2D eigenvalue weighted by molar-refractivity contribution is 0.648. The summed E-state index contributed by atoms with van der Waals surface area (Å²) < 4.78 is 1.73. The van der Waals surface area contributed by atoms with Crippen LogP contribution in [0, 0.1) is 13.8 Å². The first kappa shape index (κ1) is 13.6. The fourth-order valence-corrected chi connectivity index (χ4v) is 3.86. The second-order valence-electron chi connectivity index (χ2n) is 4.59. The second-order valence-corrected chi connectivity index (χ2v) is 6.59. The summed E-state index contributed by atoms with van der Waals surface area (Å²) in [6.45, 7) is 4.67. The van der Waals surface area contributed by atoms with Crippen molar-refractivity contribution in [1.82, 2.24) is 19.5 Å². The van der Waals surface area contributed by atoms with Crippen LogP contribution < -0.4 is 5.56 Å². The largest absolute Gasteiger partial charge is 0.287 e. The molecule has 0 saturated heterocycles. The molecule has 0 amide bonds. The van der Waals surface area contributed by atoms with Crippen molar-refractivity contribution < 1.29 is 0 Å². The fraction of sp³-hybridized carbons (Fsp3) is 0.385. The highest BCUT2D eigenvalue weighted by Crippen LogP contribution is 2.23. The van der Waals surface area contributed by atoms with Crippen LogP contribution in [0.4, 0.5) is 0 Å². The van der Waals surface area contributed by atoms with E-state index in [-0.39, 0.29) is 5.56 Å². The Balaban J connectivity index is 1.79. The maximum Gasteiger partial charge on any atom is 0.254 e. The summed E-state index contributed by atoms with van der Waals surface area (Å²) in [5.74, 6) is 1.55. The molecule has 0 aliphatic carbocycles. The molecule has 0 N–H and O–H groups in total. The molecule has 0 fully saturated rings. The van der Waals surface area contributed by atoms with E-state index in [2.05, 4.69) is 15.0 Å². The monoisotopic (exact) mass is 306 g/mol. The minimum absolute atomic E-state index is 0.0388. The van der Waals surface area contributed by atoms with Crippen molar-refractivity contribution in [2.45, 2.75) is 36.5 Å². The molecule has 2 aromatic heterocycles. The molecular weight excluding hydrogens is 292 g/mol. The molecule has 0 unspecified atom stereocenters.